The van der Waals surface area contributed by atoms with Gasteiger partial charge in [-0.25, -0.2) is 0 Å². The fourth-order valence-electron chi connectivity index (χ4n) is 6.19. The second-order valence-corrected chi connectivity index (χ2v) is 9.39. The lowest BCUT2D eigenvalue weighted by molar-refractivity contribution is -0.161. The van der Waals surface area contributed by atoms with E-state index in [0.717, 1.165) is 38.5 Å². The highest BCUT2D eigenvalue weighted by Crippen LogP contribution is 2.64. The lowest BCUT2D eigenvalue weighted by Gasteiger charge is -2.58. The van der Waals surface area contributed by atoms with Gasteiger partial charge in [-0.05, 0) is 62.4 Å². The summed E-state index contributed by atoms with van der Waals surface area (Å²) < 4.78 is 5.67. The normalized spacial score (nSPS) is 44.9. The second-order valence-electron chi connectivity index (χ2n) is 9.39. The molecule has 0 aromatic heterocycles. The van der Waals surface area contributed by atoms with Crippen molar-refractivity contribution in [3.05, 3.63) is 24.3 Å². The van der Waals surface area contributed by atoms with Gasteiger partial charge in [0.15, 0.2) is 0 Å². The minimum atomic E-state index is -0.672. The molecule has 2 saturated carbocycles. The Bertz CT molecular complexity index is 665. The number of ether oxygens (including phenoxy) is 1. The highest BCUT2D eigenvalue weighted by atomic mass is 16.5. The number of rotatable bonds is 3. The van der Waals surface area contributed by atoms with Gasteiger partial charge in [0.05, 0.1) is 5.41 Å². The molecule has 3 aliphatic rings. The Morgan fingerprint density at radius 1 is 1.27 bits per heavy atom. The standard InChI is InChI=1S/C22H32O4/c1-6-20(3)13-15-8-9-17-21(4,10-7-11-22(17,5)19(24)25)16(15)12-18(20)26-14(2)23/h6,12,15,17-18H,1,7-11,13H2,2-5H3,(H,24,25). The van der Waals surface area contributed by atoms with E-state index in [1.807, 2.05) is 13.0 Å². The summed E-state index contributed by atoms with van der Waals surface area (Å²) in [7, 11) is 0. The Morgan fingerprint density at radius 2 is 1.96 bits per heavy atom. The molecule has 0 aliphatic heterocycles. The minimum Gasteiger partial charge on any atom is -0.481 e. The maximum Gasteiger partial charge on any atom is 0.309 e. The van der Waals surface area contributed by atoms with Gasteiger partial charge in [-0.1, -0.05) is 31.9 Å². The first-order chi connectivity index (χ1) is 12.1. The number of carbonyl (C=O) groups excluding carboxylic acids is 1. The summed E-state index contributed by atoms with van der Waals surface area (Å²) in [4.78, 5) is 23.8. The number of fused-ring (bicyclic) bond motifs is 3. The average molecular weight is 360 g/mol. The van der Waals surface area contributed by atoms with Gasteiger partial charge in [0.25, 0.3) is 0 Å². The topological polar surface area (TPSA) is 63.6 Å². The molecule has 0 amide bonds. The highest BCUT2D eigenvalue weighted by Gasteiger charge is 2.58. The molecule has 2 fully saturated rings. The summed E-state index contributed by atoms with van der Waals surface area (Å²) in [5, 5.41) is 9.94. The maximum absolute atomic E-state index is 12.1. The van der Waals surface area contributed by atoms with E-state index in [2.05, 4.69) is 26.5 Å². The molecule has 3 aliphatic carbocycles. The van der Waals surface area contributed by atoms with Crippen molar-refractivity contribution in [1.82, 2.24) is 0 Å². The van der Waals surface area contributed by atoms with Gasteiger partial charge < -0.3 is 9.84 Å². The Morgan fingerprint density at radius 3 is 2.54 bits per heavy atom. The SMILES string of the molecule is C=CC1(C)CC2CCC3C(C)(C(=O)O)CCCC3(C)C2=CC1OC(C)=O. The molecule has 0 aromatic carbocycles. The summed E-state index contributed by atoms with van der Waals surface area (Å²) in [5.74, 6) is -0.400. The van der Waals surface area contributed by atoms with Crippen molar-refractivity contribution in [2.45, 2.75) is 72.3 Å². The zero-order chi connectivity index (χ0) is 19.3. The van der Waals surface area contributed by atoms with E-state index in [-0.39, 0.29) is 28.8 Å². The molecule has 144 valence electrons. The monoisotopic (exact) mass is 360 g/mol. The number of hydrogen-bond donors (Lipinski definition) is 1. The Balaban J connectivity index is 2.06. The first-order valence-corrected chi connectivity index (χ1v) is 9.83. The Kier molecular flexibility index (Phi) is 4.61. The van der Waals surface area contributed by atoms with Crippen LogP contribution in [0.15, 0.2) is 24.3 Å². The molecule has 6 atom stereocenters. The number of hydrogen-bond acceptors (Lipinski definition) is 3. The minimum absolute atomic E-state index is 0.130. The van der Waals surface area contributed by atoms with Crippen LogP contribution in [0, 0.1) is 28.1 Å². The average Bonchev–Trinajstić information content (AvgIpc) is 2.55. The van der Waals surface area contributed by atoms with E-state index in [1.165, 1.54) is 12.5 Å². The van der Waals surface area contributed by atoms with Gasteiger partial charge >= 0.3 is 11.9 Å². The van der Waals surface area contributed by atoms with Crippen LogP contribution >= 0.6 is 0 Å². The largest absolute Gasteiger partial charge is 0.481 e. The lowest BCUT2D eigenvalue weighted by atomic mass is 9.46. The summed E-state index contributed by atoms with van der Waals surface area (Å²) in [6.45, 7) is 11.7. The number of allylic oxidation sites excluding steroid dienone is 1. The second kappa shape index (κ2) is 6.24. The number of carbonyl (C=O) groups is 2. The molecule has 0 bridgehead atoms. The summed E-state index contributed by atoms with van der Waals surface area (Å²) in [6, 6.07) is 0. The number of esters is 1. The van der Waals surface area contributed by atoms with E-state index in [4.69, 9.17) is 4.74 Å². The summed E-state index contributed by atoms with van der Waals surface area (Å²) >= 11 is 0. The zero-order valence-electron chi connectivity index (χ0n) is 16.5. The molecular weight excluding hydrogens is 328 g/mol. The van der Waals surface area contributed by atoms with Crippen molar-refractivity contribution in [2.24, 2.45) is 28.1 Å². The molecule has 0 radical (unpaired) electrons. The van der Waals surface area contributed by atoms with Crippen LogP contribution in [0.3, 0.4) is 0 Å². The van der Waals surface area contributed by atoms with Crippen LogP contribution in [-0.4, -0.2) is 23.1 Å². The molecule has 0 spiro atoms. The van der Waals surface area contributed by atoms with E-state index in [1.54, 1.807) is 0 Å². The van der Waals surface area contributed by atoms with Crippen LogP contribution in [0.25, 0.3) is 0 Å². The molecule has 0 aromatic rings. The predicted octanol–water partition coefficient (Wildman–Crippen LogP) is 4.75. The van der Waals surface area contributed by atoms with Crippen LogP contribution < -0.4 is 0 Å². The number of carboxylic acids is 1. The van der Waals surface area contributed by atoms with Crippen molar-refractivity contribution < 1.29 is 19.4 Å². The predicted molar refractivity (Wildman–Crippen MR) is 100 cm³/mol. The number of carboxylic acid groups (broad SMARTS) is 1. The van der Waals surface area contributed by atoms with Crippen molar-refractivity contribution in [1.29, 1.82) is 0 Å². The van der Waals surface area contributed by atoms with Crippen LogP contribution in [0.2, 0.25) is 0 Å². The third-order valence-corrected chi connectivity index (χ3v) is 7.75. The molecule has 3 rings (SSSR count). The molecular formula is C22H32O4. The molecule has 0 saturated heterocycles. The van der Waals surface area contributed by atoms with Crippen molar-refractivity contribution in [2.75, 3.05) is 0 Å². The molecule has 0 heterocycles. The molecule has 4 heteroatoms. The van der Waals surface area contributed by atoms with Crippen LogP contribution in [0.1, 0.15) is 66.2 Å². The lowest BCUT2D eigenvalue weighted by Crippen LogP contribution is -2.54. The van der Waals surface area contributed by atoms with Crippen molar-refractivity contribution in [3.63, 3.8) is 0 Å². The maximum atomic E-state index is 12.1. The van der Waals surface area contributed by atoms with E-state index in [9.17, 15) is 14.7 Å². The fraction of sp³-hybridized carbons (Fsp3) is 0.727. The van der Waals surface area contributed by atoms with Crippen LogP contribution in [0.5, 0.6) is 0 Å². The fourth-order valence-corrected chi connectivity index (χ4v) is 6.19. The van der Waals surface area contributed by atoms with Crippen LogP contribution in [-0.2, 0) is 14.3 Å². The van der Waals surface area contributed by atoms with Gasteiger partial charge in [-0.2, -0.15) is 0 Å². The third kappa shape index (κ3) is 2.73. The van der Waals surface area contributed by atoms with Gasteiger partial charge in [0, 0.05) is 12.3 Å². The third-order valence-electron chi connectivity index (χ3n) is 7.75. The first kappa shape index (κ1) is 19.2. The van der Waals surface area contributed by atoms with E-state index < -0.39 is 11.4 Å². The molecule has 4 nitrogen and oxygen atoms in total. The first-order valence-electron chi connectivity index (χ1n) is 9.83. The Hall–Kier alpha value is -1.58. The van der Waals surface area contributed by atoms with E-state index in [0.29, 0.717) is 5.92 Å². The van der Waals surface area contributed by atoms with Gasteiger partial charge in [-0.15, -0.1) is 6.58 Å². The zero-order valence-corrected chi connectivity index (χ0v) is 16.5. The Labute approximate surface area is 156 Å². The molecule has 26 heavy (non-hydrogen) atoms. The van der Waals surface area contributed by atoms with Crippen LogP contribution in [0.4, 0.5) is 0 Å². The molecule has 1 N–H and O–H groups in total. The van der Waals surface area contributed by atoms with Crippen molar-refractivity contribution >= 4 is 11.9 Å². The van der Waals surface area contributed by atoms with Gasteiger partial charge in [0.1, 0.15) is 6.10 Å². The summed E-state index contributed by atoms with van der Waals surface area (Å²) in [5.41, 5.74) is 0.254. The van der Waals surface area contributed by atoms with Crippen molar-refractivity contribution in [3.8, 4) is 0 Å². The smallest absolute Gasteiger partial charge is 0.309 e. The summed E-state index contributed by atoms with van der Waals surface area (Å²) in [6.07, 6.45) is 9.30. The molecule has 6 unspecified atom stereocenters. The quantitative estimate of drug-likeness (QED) is 0.583. The van der Waals surface area contributed by atoms with E-state index >= 15 is 0 Å². The number of aliphatic carboxylic acids is 1. The van der Waals surface area contributed by atoms with Gasteiger partial charge in [-0.3, -0.25) is 9.59 Å². The highest BCUT2D eigenvalue weighted by molar-refractivity contribution is 5.75. The van der Waals surface area contributed by atoms with Gasteiger partial charge in [0.2, 0.25) is 0 Å².